The van der Waals surface area contributed by atoms with Crippen LogP contribution in [0.1, 0.15) is 12.0 Å². The van der Waals surface area contributed by atoms with E-state index in [2.05, 4.69) is 0 Å². The average Bonchev–Trinajstić information content (AvgIpc) is 2.80. The van der Waals surface area contributed by atoms with Crippen LogP contribution in [0.4, 0.5) is 0 Å². The fraction of sp³-hybridized carbons (Fsp3) is 0.533. The van der Waals surface area contributed by atoms with Gasteiger partial charge in [-0.05, 0) is 25.0 Å². The lowest BCUT2D eigenvalue weighted by Crippen LogP contribution is -2.36. The largest absolute Gasteiger partial charge is 0.491 e. The summed E-state index contributed by atoms with van der Waals surface area (Å²) in [4.78, 5) is 13.7. The first-order chi connectivity index (χ1) is 9.89. The SMILES string of the molecule is Cc1ccccc1OCCN(C)C(=O)C1CCS(=O)(=O)C1. The molecule has 0 bridgehead atoms. The first-order valence-electron chi connectivity index (χ1n) is 7.03. The molecule has 2 rings (SSSR count). The van der Waals surface area contributed by atoms with Gasteiger partial charge in [-0.3, -0.25) is 4.79 Å². The molecule has 1 fully saturated rings. The summed E-state index contributed by atoms with van der Waals surface area (Å²) in [7, 11) is -1.33. The number of carbonyl (C=O) groups is 1. The Hall–Kier alpha value is -1.56. The summed E-state index contributed by atoms with van der Waals surface area (Å²) in [5.41, 5.74) is 1.05. The van der Waals surface area contributed by atoms with Crippen molar-refractivity contribution >= 4 is 15.7 Å². The molecule has 1 aliphatic heterocycles. The Labute approximate surface area is 125 Å². The first-order valence-corrected chi connectivity index (χ1v) is 8.85. The van der Waals surface area contributed by atoms with Crippen LogP contribution >= 0.6 is 0 Å². The van der Waals surface area contributed by atoms with Gasteiger partial charge >= 0.3 is 0 Å². The van der Waals surface area contributed by atoms with Gasteiger partial charge in [-0.15, -0.1) is 0 Å². The molecule has 0 saturated carbocycles. The molecule has 0 aromatic heterocycles. The van der Waals surface area contributed by atoms with E-state index in [4.69, 9.17) is 4.74 Å². The fourth-order valence-electron chi connectivity index (χ4n) is 2.42. The number of carbonyl (C=O) groups excluding carboxylic acids is 1. The van der Waals surface area contributed by atoms with Gasteiger partial charge in [0, 0.05) is 7.05 Å². The topological polar surface area (TPSA) is 63.7 Å². The van der Waals surface area contributed by atoms with Gasteiger partial charge in [0.25, 0.3) is 0 Å². The quantitative estimate of drug-likeness (QED) is 0.821. The van der Waals surface area contributed by atoms with E-state index in [0.29, 0.717) is 19.6 Å². The number of amides is 1. The lowest BCUT2D eigenvalue weighted by Gasteiger charge is -2.20. The molecule has 1 amide bonds. The molecule has 0 radical (unpaired) electrons. The molecule has 5 nitrogen and oxygen atoms in total. The van der Waals surface area contributed by atoms with Gasteiger partial charge in [0.05, 0.1) is 24.0 Å². The predicted molar refractivity (Wildman–Crippen MR) is 81.1 cm³/mol. The number of para-hydroxylation sites is 1. The van der Waals surface area contributed by atoms with Crippen molar-refractivity contribution in [3.05, 3.63) is 29.8 Å². The third kappa shape index (κ3) is 4.20. The highest BCUT2D eigenvalue weighted by molar-refractivity contribution is 7.91. The molecular formula is C15H21NO4S. The maximum absolute atomic E-state index is 12.1. The minimum absolute atomic E-state index is 0.0190. The molecule has 0 N–H and O–H groups in total. The summed E-state index contributed by atoms with van der Waals surface area (Å²) in [5.74, 6) is 0.413. The highest BCUT2D eigenvalue weighted by Gasteiger charge is 2.34. The van der Waals surface area contributed by atoms with Crippen LogP contribution in [-0.4, -0.2) is 50.9 Å². The lowest BCUT2D eigenvalue weighted by molar-refractivity contribution is -0.133. The lowest BCUT2D eigenvalue weighted by atomic mass is 10.1. The number of aryl methyl sites for hydroxylation is 1. The van der Waals surface area contributed by atoms with Gasteiger partial charge in [-0.25, -0.2) is 8.42 Å². The highest BCUT2D eigenvalue weighted by atomic mass is 32.2. The Balaban J connectivity index is 1.81. The van der Waals surface area contributed by atoms with Gasteiger partial charge < -0.3 is 9.64 Å². The molecule has 0 aliphatic carbocycles. The van der Waals surface area contributed by atoms with E-state index in [1.807, 2.05) is 31.2 Å². The molecule has 0 spiro atoms. The summed E-state index contributed by atoms with van der Waals surface area (Å²) in [5, 5.41) is 0. The van der Waals surface area contributed by atoms with Crippen molar-refractivity contribution < 1.29 is 17.9 Å². The molecule has 6 heteroatoms. The molecule has 1 atom stereocenters. The molecule has 1 saturated heterocycles. The number of benzene rings is 1. The molecule has 1 aromatic rings. The van der Waals surface area contributed by atoms with Crippen molar-refractivity contribution in [1.82, 2.24) is 4.90 Å². The number of nitrogens with zero attached hydrogens (tertiary/aromatic N) is 1. The van der Waals surface area contributed by atoms with Crippen molar-refractivity contribution in [2.24, 2.45) is 5.92 Å². The highest BCUT2D eigenvalue weighted by Crippen LogP contribution is 2.20. The van der Waals surface area contributed by atoms with Crippen LogP contribution in [0.2, 0.25) is 0 Å². The van der Waals surface area contributed by atoms with E-state index in [-0.39, 0.29) is 17.4 Å². The number of hydrogen-bond acceptors (Lipinski definition) is 4. The number of rotatable bonds is 5. The second-order valence-corrected chi connectivity index (χ2v) is 7.70. The maximum Gasteiger partial charge on any atom is 0.226 e. The summed E-state index contributed by atoms with van der Waals surface area (Å²) in [6, 6.07) is 7.70. The molecule has 1 heterocycles. The second-order valence-electron chi connectivity index (χ2n) is 5.47. The van der Waals surface area contributed by atoms with Crippen molar-refractivity contribution in [2.75, 3.05) is 31.7 Å². The minimum atomic E-state index is -3.02. The van der Waals surface area contributed by atoms with Crippen molar-refractivity contribution in [3.8, 4) is 5.75 Å². The van der Waals surface area contributed by atoms with Crippen LogP contribution in [-0.2, 0) is 14.6 Å². The van der Waals surface area contributed by atoms with E-state index in [1.165, 1.54) is 0 Å². The van der Waals surface area contributed by atoms with E-state index in [0.717, 1.165) is 11.3 Å². The number of hydrogen-bond donors (Lipinski definition) is 0. The second kappa shape index (κ2) is 6.47. The van der Waals surface area contributed by atoms with E-state index in [9.17, 15) is 13.2 Å². The molecular weight excluding hydrogens is 290 g/mol. The summed E-state index contributed by atoms with van der Waals surface area (Å²) in [6.45, 7) is 2.81. The molecule has 1 aliphatic rings. The maximum atomic E-state index is 12.1. The molecule has 21 heavy (non-hydrogen) atoms. The van der Waals surface area contributed by atoms with E-state index in [1.54, 1.807) is 11.9 Å². The smallest absolute Gasteiger partial charge is 0.226 e. The normalized spacial score (nSPS) is 20.2. The molecule has 1 unspecified atom stereocenters. The van der Waals surface area contributed by atoms with Gasteiger partial charge in [0.1, 0.15) is 12.4 Å². The van der Waals surface area contributed by atoms with Crippen molar-refractivity contribution in [1.29, 1.82) is 0 Å². The van der Waals surface area contributed by atoms with Crippen LogP contribution in [0.3, 0.4) is 0 Å². The molecule has 1 aromatic carbocycles. The van der Waals surface area contributed by atoms with Crippen LogP contribution in [0.5, 0.6) is 5.75 Å². The van der Waals surface area contributed by atoms with E-state index >= 15 is 0 Å². The Morgan fingerprint density at radius 2 is 2.10 bits per heavy atom. The summed E-state index contributed by atoms with van der Waals surface area (Å²) in [6.07, 6.45) is 0.435. The van der Waals surface area contributed by atoms with Gasteiger partial charge in [-0.1, -0.05) is 18.2 Å². The van der Waals surface area contributed by atoms with E-state index < -0.39 is 15.8 Å². The summed E-state index contributed by atoms with van der Waals surface area (Å²) >= 11 is 0. The molecule has 116 valence electrons. The monoisotopic (exact) mass is 311 g/mol. The first kappa shape index (κ1) is 15.8. The Bertz CT molecular complexity index is 612. The van der Waals surface area contributed by atoms with Gasteiger partial charge in [0.15, 0.2) is 9.84 Å². The zero-order valence-corrected chi connectivity index (χ0v) is 13.2. The van der Waals surface area contributed by atoms with Crippen LogP contribution in [0, 0.1) is 12.8 Å². The number of sulfone groups is 1. The van der Waals surface area contributed by atoms with Gasteiger partial charge in [0.2, 0.25) is 5.91 Å². The Kier molecular flexibility index (Phi) is 4.88. The van der Waals surface area contributed by atoms with Crippen LogP contribution < -0.4 is 4.74 Å². The fourth-order valence-corrected chi connectivity index (χ4v) is 4.16. The third-order valence-electron chi connectivity index (χ3n) is 3.74. The number of ether oxygens (including phenoxy) is 1. The zero-order chi connectivity index (χ0) is 15.5. The third-order valence-corrected chi connectivity index (χ3v) is 5.50. The standard InChI is InChI=1S/C15H21NO4S/c1-12-5-3-4-6-14(12)20-9-8-16(2)15(17)13-7-10-21(18,19)11-13/h3-6,13H,7-11H2,1-2H3. The average molecular weight is 311 g/mol. The van der Waals surface area contributed by atoms with Crippen LogP contribution in [0.15, 0.2) is 24.3 Å². The predicted octanol–water partition coefficient (Wildman–Crippen LogP) is 1.27. The Morgan fingerprint density at radius 3 is 2.71 bits per heavy atom. The zero-order valence-electron chi connectivity index (χ0n) is 12.4. The van der Waals surface area contributed by atoms with Crippen molar-refractivity contribution in [2.45, 2.75) is 13.3 Å². The van der Waals surface area contributed by atoms with Gasteiger partial charge in [-0.2, -0.15) is 0 Å². The van der Waals surface area contributed by atoms with Crippen molar-refractivity contribution in [3.63, 3.8) is 0 Å². The summed E-state index contributed by atoms with van der Waals surface area (Å²) < 4.78 is 28.5. The van der Waals surface area contributed by atoms with Crippen LogP contribution in [0.25, 0.3) is 0 Å². The Morgan fingerprint density at radius 1 is 1.38 bits per heavy atom. The minimum Gasteiger partial charge on any atom is -0.491 e. The number of likely N-dealkylation sites (N-methyl/N-ethyl adjacent to an activating group) is 1.